The summed E-state index contributed by atoms with van der Waals surface area (Å²) in [6.45, 7) is 0.985. The van der Waals surface area contributed by atoms with Gasteiger partial charge in [-0.15, -0.1) is 0 Å². The van der Waals surface area contributed by atoms with Crippen LogP contribution in [0.3, 0.4) is 0 Å². The number of nitrogens with one attached hydrogen (secondary N) is 2. The van der Waals surface area contributed by atoms with Crippen LogP contribution in [0.5, 0.6) is 11.5 Å². The van der Waals surface area contributed by atoms with Crippen molar-refractivity contribution in [2.75, 3.05) is 18.7 Å². The van der Waals surface area contributed by atoms with Crippen molar-refractivity contribution in [2.24, 2.45) is 0 Å². The van der Waals surface area contributed by atoms with Gasteiger partial charge in [0.05, 0.1) is 10.7 Å². The number of fused-ring (bicyclic) bond motifs is 1. The highest BCUT2D eigenvalue weighted by Gasteiger charge is 2.41. The summed E-state index contributed by atoms with van der Waals surface area (Å²) in [6, 6.07) is 5.38. The monoisotopic (exact) mass is 446 g/mol. The lowest BCUT2D eigenvalue weighted by molar-refractivity contribution is -0.141. The van der Waals surface area contributed by atoms with Gasteiger partial charge in [0.15, 0.2) is 22.3 Å². The molecular formula is C18H18ClF3N4O2S. The van der Waals surface area contributed by atoms with Crippen LogP contribution in [-0.2, 0) is 12.7 Å². The van der Waals surface area contributed by atoms with Crippen molar-refractivity contribution in [3.8, 4) is 11.5 Å². The zero-order valence-electron chi connectivity index (χ0n) is 15.2. The molecule has 2 heterocycles. The number of nitrogens with zero attached hydrogens (tertiary/aromatic N) is 2. The molecule has 0 spiro atoms. The number of rotatable bonds is 6. The molecule has 1 aromatic heterocycles. The maximum absolute atomic E-state index is 13.1. The van der Waals surface area contributed by atoms with E-state index in [4.69, 9.17) is 33.3 Å². The van der Waals surface area contributed by atoms with Gasteiger partial charge in [-0.3, -0.25) is 4.68 Å². The van der Waals surface area contributed by atoms with Crippen LogP contribution in [0, 0.1) is 0 Å². The van der Waals surface area contributed by atoms with Gasteiger partial charge >= 0.3 is 6.18 Å². The number of benzene rings is 1. The third-order valence-corrected chi connectivity index (χ3v) is 5.25. The largest absolute Gasteiger partial charge is 0.454 e. The highest BCUT2D eigenvalue weighted by atomic mass is 35.5. The zero-order valence-corrected chi connectivity index (χ0v) is 16.8. The maximum atomic E-state index is 13.1. The van der Waals surface area contributed by atoms with E-state index in [1.54, 1.807) is 12.1 Å². The Morgan fingerprint density at radius 1 is 1.28 bits per heavy atom. The Hall–Kier alpha value is -2.20. The Bertz CT molecular complexity index is 931. The Balaban J connectivity index is 1.30. The molecule has 0 saturated heterocycles. The molecule has 1 aromatic carbocycles. The van der Waals surface area contributed by atoms with Gasteiger partial charge in [0.2, 0.25) is 6.79 Å². The molecule has 0 atom stereocenters. The molecule has 156 valence electrons. The molecule has 1 aliphatic carbocycles. The van der Waals surface area contributed by atoms with Crippen LogP contribution in [0.15, 0.2) is 18.2 Å². The summed E-state index contributed by atoms with van der Waals surface area (Å²) >= 11 is 11.2. The number of halogens is 4. The summed E-state index contributed by atoms with van der Waals surface area (Å²) in [5.41, 5.74) is 0.227. The van der Waals surface area contributed by atoms with Crippen LogP contribution in [0.1, 0.15) is 36.6 Å². The van der Waals surface area contributed by atoms with Gasteiger partial charge in [0.1, 0.15) is 0 Å². The van der Waals surface area contributed by atoms with Crippen LogP contribution in [0.25, 0.3) is 0 Å². The lowest BCUT2D eigenvalue weighted by Crippen LogP contribution is -2.29. The van der Waals surface area contributed by atoms with Crippen molar-refractivity contribution < 1.29 is 22.6 Å². The fourth-order valence-electron chi connectivity index (χ4n) is 3.13. The van der Waals surface area contributed by atoms with E-state index in [2.05, 4.69) is 15.7 Å². The number of ether oxygens (including phenoxy) is 2. The quantitative estimate of drug-likeness (QED) is 0.502. The molecule has 1 saturated carbocycles. The van der Waals surface area contributed by atoms with Crippen molar-refractivity contribution in [1.82, 2.24) is 15.1 Å². The van der Waals surface area contributed by atoms with Gasteiger partial charge < -0.3 is 20.1 Å². The lowest BCUT2D eigenvalue weighted by atomic mass is 10.2. The molecule has 0 amide bonds. The molecule has 29 heavy (non-hydrogen) atoms. The average molecular weight is 447 g/mol. The zero-order chi connectivity index (χ0) is 20.6. The molecule has 4 rings (SSSR count). The van der Waals surface area contributed by atoms with E-state index in [0.29, 0.717) is 41.8 Å². The van der Waals surface area contributed by atoms with Crippen LogP contribution in [-0.4, -0.2) is 28.2 Å². The van der Waals surface area contributed by atoms with Crippen molar-refractivity contribution >= 4 is 34.6 Å². The number of anilines is 1. The standard InChI is InChI=1S/C18H18ClF3N4O2S/c19-14-15(10-2-3-10)26(25-16(14)18(20,21)22)7-1-6-23-17(29)24-11-4-5-12-13(8-11)28-9-27-12/h4-5,8,10H,1-3,6-7,9H2,(H2,23,24,29). The Kier molecular flexibility index (Phi) is 5.48. The minimum Gasteiger partial charge on any atom is -0.454 e. The van der Waals surface area contributed by atoms with Gasteiger partial charge in [-0.1, -0.05) is 11.6 Å². The predicted molar refractivity (Wildman–Crippen MR) is 106 cm³/mol. The van der Waals surface area contributed by atoms with Gasteiger partial charge in [0, 0.05) is 30.8 Å². The summed E-state index contributed by atoms with van der Waals surface area (Å²) in [7, 11) is 0. The predicted octanol–water partition coefficient (Wildman–Crippen LogP) is 4.54. The molecule has 11 heteroatoms. The first-order valence-electron chi connectivity index (χ1n) is 9.11. The number of aromatic nitrogens is 2. The number of hydrogen-bond donors (Lipinski definition) is 2. The number of alkyl halides is 3. The van der Waals surface area contributed by atoms with Crippen LogP contribution < -0.4 is 20.1 Å². The van der Waals surface area contributed by atoms with Crippen molar-refractivity contribution in [1.29, 1.82) is 0 Å². The van der Waals surface area contributed by atoms with Gasteiger partial charge in [-0.25, -0.2) is 0 Å². The fourth-order valence-corrected chi connectivity index (χ4v) is 3.75. The van der Waals surface area contributed by atoms with E-state index in [1.165, 1.54) is 4.68 Å². The molecule has 2 aliphatic rings. The van der Waals surface area contributed by atoms with E-state index in [1.807, 2.05) is 6.07 Å². The van der Waals surface area contributed by atoms with E-state index in [-0.39, 0.29) is 17.7 Å². The SMILES string of the molecule is FC(F)(F)c1nn(CCCNC(=S)Nc2ccc3c(c2)OCO3)c(C2CC2)c1Cl. The van der Waals surface area contributed by atoms with E-state index in [0.717, 1.165) is 18.5 Å². The summed E-state index contributed by atoms with van der Waals surface area (Å²) in [5.74, 6) is 1.38. The first-order valence-corrected chi connectivity index (χ1v) is 9.89. The summed E-state index contributed by atoms with van der Waals surface area (Å²) in [5, 5.41) is 9.92. The molecule has 2 aromatic rings. The number of thiocarbonyl (C=S) groups is 1. The highest BCUT2D eigenvalue weighted by molar-refractivity contribution is 7.80. The Labute approximate surface area is 175 Å². The van der Waals surface area contributed by atoms with Gasteiger partial charge in [-0.05, 0) is 43.6 Å². The van der Waals surface area contributed by atoms with Crippen molar-refractivity contribution in [3.05, 3.63) is 34.6 Å². The smallest absolute Gasteiger partial charge is 0.436 e. The van der Waals surface area contributed by atoms with Crippen molar-refractivity contribution in [2.45, 2.75) is 37.9 Å². The first kappa shape index (κ1) is 20.1. The summed E-state index contributed by atoms with van der Waals surface area (Å²) in [4.78, 5) is 0. The topological polar surface area (TPSA) is 60.3 Å². The molecule has 1 aliphatic heterocycles. The minimum atomic E-state index is -4.56. The highest BCUT2D eigenvalue weighted by Crippen LogP contribution is 2.46. The molecule has 2 N–H and O–H groups in total. The molecule has 0 radical (unpaired) electrons. The second kappa shape index (κ2) is 7.91. The third-order valence-electron chi connectivity index (χ3n) is 4.63. The molecule has 6 nitrogen and oxygen atoms in total. The van der Waals surface area contributed by atoms with Crippen molar-refractivity contribution in [3.63, 3.8) is 0 Å². The Morgan fingerprint density at radius 3 is 2.76 bits per heavy atom. The first-order chi connectivity index (χ1) is 13.8. The van der Waals surface area contributed by atoms with E-state index < -0.39 is 11.9 Å². The normalized spacial score (nSPS) is 15.4. The molecule has 1 fully saturated rings. The third kappa shape index (κ3) is 4.53. The summed E-state index contributed by atoms with van der Waals surface area (Å²) in [6.07, 6.45) is -2.34. The average Bonchev–Trinajstić information content (AvgIpc) is 3.27. The second-order valence-corrected chi connectivity index (χ2v) is 7.63. The number of hydrogen-bond acceptors (Lipinski definition) is 4. The number of aryl methyl sites for hydroxylation is 1. The van der Waals surface area contributed by atoms with Crippen LogP contribution in [0.2, 0.25) is 5.02 Å². The summed E-state index contributed by atoms with van der Waals surface area (Å²) < 4.78 is 51.2. The minimum absolute atomic E-state index is 0.0628. The second-order valence-electron chi connectivity index (χ2n) is 6.85. The lowest BCUT2D eigenvalue weighted by Gasteiger charge is -2.12. The fraction of sp³-hybridized carbons (Fsp3) is 0.444. The van der Waals surface area contributed by atoms with Gasteiger partial charge in [0.25, 0.3) is 0 Å². The van der Waals surface area contributed by atoms with Gasteiger partial charge in [-0.2, -0.15) is 18.3 Å². The molecule has 0 bridgehead atoms. The van der Waals surface area contributed by atoms with E-state index in [9.17, 15) is 13.2 Å². The van der Waals surface area contributed by atoms with Crippen LogP contribution >= 0.6 is 23.8 Å². The van der Waals surface area contributed by atoms with Crippen LogP contribution in [0.4, 0.5) is 18.9 Å². The maximum Gasteiger partial charge on any atom is 0.436 e. The Morgan fingerprint density at radius 2 is 2.03 bits per heavy atom. The molecular weight excluding hydrogens is 429 g/mol. The molecule has 0 unspecified atom stereocenters. The van der Waals surface area contributed by atoms with E-state index >= 15 is 0 Å².